The van der Waals surface area contributed by atoms with Crippen molar-refractivity contribution in [3.8, 4) is 90.6 Å². The topological polar surface area (TPSA) is 71.3 Å². The van der Waals surface area contributed by atoms with Crippen molar-refractivity contribution < 1.29 is 0 Å². The summed E-state index contributed by atoms with van der Waals surface area (Å²) in [6, 6.07) is 138. The van der Waals surface area contributed by atoms with Gasteiger partial charge in [0, 0.05) is 76.4 Å². The lowest BCUT2D eigenvalue weighted by Gasteiger charge is -2.12. The molecule has 16 aromatic carbocycles. The molecule has 22 aromatic rings. The average Bonchev–Trinajstić information content (AvgIpc) is 1.59. The molecule has 0 N–H and O–H groups in total. The van der Waals surface area contributed by atoms with E-state index in [-0.39, 0.29) is 0 Å². The van der Waals surface area contributed by atoms with Crippen LogP contribution in [-0.4, -0.2) is 38.2 Å². The first kappa shape index (κ1) is 62.0. The first-order valence-corrected chi connectivity index (χ1v) is 36.7. The second-order valence-corrected chi connectivity index (χ2v) is 27.7. The number of fused-ring (bicyclic) bond motifs is 14. The molecule has 8 nitrogen and oxygen atoms in total. The van der Waals surface area contributed by atoms with Gasteiger partial charge in [0.1, 0.15) is 0 Å². The van der Waals surface area contributed by atoms with Crippen LogP contribution in [0.15, 0.2) is 388 Å². The van der Waals surface area contributed by atoms with Crippen LogP contribution in [0.5, 0.6) is 0 Å². The van der Waals surface area contributed by atoms with Crippen LogP contribution in [0, 0.1) is 0 Å². The zero-order chi connectivity index (χ0) is 71.2. The van der Waals surface area contributed by atoms with Gasteiger partial charge in [-0.2, -0.15) is 0 Å². The van der Waals surface area contributed by atoms with Crippen molar-refractivity contribution in [2.24, 2.45) is 0 Å². The summed E-state index contributed by atoms with van der Waals surface area (Å²) < 4.78 is 9.24. The summed E-state index contributed by atoms with van der Waals surface area (Å²) in [5.74, 6) is 1.30. The van der Waals surface area contributed by atoms with Gasteiger partial charge in [-0.05, 0) is 142 Å². The van der Waals surface area contributed by atoms with E-state index < -0.39 is 0 Å². The second kappa shape index (κ2) is 25.7. The van der Waals surface area contributed by atoms with Gasteiger partial charge >= 0.3 is 0 Å². The molecule has 0 atom stereocenters. The molecule has 0 radical (unpaired) electrons. The number of hydrogen-bond donors (Lipinski definition) is 0. The highest BCUT2D eigenvalue weighted by Gasteiger charge is 2.23. The Kier molecular flexibility index (Phi) is 14.7. The molecule has 0 spiro atoms. The minimum atomic E-state index is 0.650. The smallest absolute Gasteiger partial charge is 0.235 e. The normalized spacial score (nSPS) is 11.7. The molecule has 0 saturated heterocycles. The van der Waals surface area contributed by atoms with Crippen LogP contribution in [0.4, 0.5) is 0 Å². The van der Waals surface area contributed by atoms with E-state index in [2.05, 4.69) is 382 Å². The fourth-order valence-electron chi connectivity index (χ4n) is 16.4. The molecular formula is C100H64N8. The average molecular weight is 1380 g/mol. The number of nitrogens with zero attached hydrogens (tertiary/aromatic N) is 8. The minimum Gasteiger partial charge on any atom is -0.309 e. The maximum atomic E-state index is 5.21. The molecule has 0 aliphatic rings. The predicted octanol–water partition coefficient (Wildman–Crippen LogP) is 25.7. The Morgan fingerprint density at radius 1 is 0.157 bits per heavy atom. The highest BCUT2D eigenvalue weighted by atomic mass is 15.2. The maximum Gasteiger partial charge on any atom is 0.235 e. The van der Waals surface area contributed by atoms with Crippen LogP contribution in [-0.2, 0) is 0 Å². The van der Waals surface area contributed by atoms with E-state index >= 15 is 0 Å². The summed E-state index contributed by atoms with van der Waals surface area (Å²) >= 11 is 0. The summed E-state index contributed by atoms with van der Waals surface area (Å²) in [4.78, 5) is 20.8. The molecule has 0 fully saturated rings. The highest BCUT2D eigenvalue weighted by molar-refractivity contribution is 6.15. The SMILES string of the molecule is c1ccc(-c2cc(-c3ccccc3)nc(-n3c4ccccc4c4cc(-c5ccc6c(c5)c5ccccc5n6-c5ccc6ccccc6c5)ccc43)n2)cc1.c1ccc(-c2cc(-c3ccccc3)nc(-n3c4ccccc4c4cc(-c5ccc6c(c5)c5ccccc5n6-c5cccc6ccccc56)ccc43)n2)cc1. The molecule has 0 aliphatic carbocycles. The molecule has 22 rings (SSSR count). The Balaban J connectivity index is 0.000000138. The van der Waals surface area contributed by atoms with E-state index in [1.165, 1.54) is 98.5 Å². The van der Waals surface area contributed by atoms with Crippen LogP contribution in [0.25, 0.3) is 199 Å². The van der Waals surface area contributed by atoms with Crippen molar-refractivity contribution in [2.45, 2.75) is 0 Å². The van der Waals surface area contributed by atoms with Gasteiger partial charge in [0.15, 0.2) is 0 Å². The molecule has 6 heterocycles. The van der Waals surface area contributed by atoms with E-state index in [0.717, 1.165) is 88.9 Å². The third-order valence-electron chi connectivity index (χ3n) is 21.5. The maximum absolute atomic E-state index is 5.21. The number of aromatic nitrogens is 8. The molecule has 8 heteroatoms. The first-order chi connectivity index (χ1) is 53.5. The summed E-state index contributed by atoms with van der Waals surface area (Å²) in [6.07, 6.45) is 0. The van der Waals surface area contributed by atoms with E-state index in [9.17, 15) is 0 Å². The van der Waals surface area contributed by atoms with Crippen molar-refractivity contribution in [2.75, 3.05) is 0 Å². The van der Waals surface area contributed by atoms with E-state index in [0.29, 0.717) is 11.9 Å². The Morgan fingerprint density at radius 3 is 0.861 bits per heavy atom. The van der Waals surface area contributed by atoms with Gasteiger partial charge in [0.2, 0.25) is 11.9 Å². The molecule has 0 amide bonds. The summed E-state index contributed by atoms with van der Waals surface area (Å²) in [5.41, 5.74) is 23.9. The van der Waals surface area contributed by atoms with Gasteiger partial charge in [0.05, 0.1) is 72.6 Å². The second-order valence-electron chi connectivity index (χ2n) is 27.7. The van der Waals surface area contributed by atoms with Crippen LogP contribution >= 0.6 is 0 Å². The monoisotopic (exact) mass is 1380 g/mol. The highest BCUT2D eigenvalue weighted by Crippen LogP contribution is 2.43. The lowest BCUT2D eigenvalue weighted by molar-refractivity contribution is 0.995. The zero-order valence-corrected chi connectivity index (χ0v) is 58.5. The van der Waals surface area contributed by atoms with Gasteiger partial charge in [-0.1, -0.05) is 285 Å². The Labute approximate surface area is 621 Å². The van der Waals surface area contributed by atoms with Crippen LogP contribution in [0.2, 0.25) is 0 Å². The fourth-order valence-corrected chi connectivity index (χ4v) is 16.4. The molecule has 0 bridgehead atoms. The zero-order valence-electron chi connectivity index (χ0n) is 58.5. The lowest BCUT2D eigenvalue weighted by atomic mass is 10.0. The molecule has 0 aliphatic heterocycles. The molecule has 504 valence electrons. The standard InChI is InChI=1S/2C50H32N4/c1-3-15-34(16-4-1)43-32-44(35-17-5-2-6-18-35)52-50(51-43)54-47-24-12-10-22-40(47)42-31-37(27-29-49(42)54)36-26-28-48-41(30-36)39-21-9-11-23-46(39)53(48)45-25-13-19-33-14-7-8-20-38(33)45;1-3-14-34(15-4-1)44-32-45(35-16-5-2-6-17-35)52-50(51-44)54-47-22-12-10-20-41(47)43-31-38(25-28-49(43)54)37-24-27-48-42(30-37)40-19-9-11-21-46(40)53(48)39-26-23-33-13-7-8-18-36(33)29-39/h2*1-32H. The van der Waals surface area contributed by atoms with Gasteiger partial charge < -0.3 is 9.13 Å². The third-order valence-corrected chi connectivity index (χ3v) is 21.5. The number of hydrogen-bond acceptors (Lipinski definition) is 4. The quantitative estimate of drug-likeness (QED) is 0.137. The van der Waals surface area contributed by atoms with Crippen molar-refractivity contribution >= 4 is 109 Å². The predicted molar refractivity (Wildman–Crippen MR) is 449 cm³/mol. The van der Waals surface area contributed by atoms with Crippen molar-refractivity contribution in [3.05, 3.63) is 388 Å². The van der Waals surface area contributed by atoms with Crippen LogP contribution in [0.3, 0.4) is 0 Å². The number of para-hydroxylation sites is 4. The summed E-state index contributed by atoms with van der Waals surface area (Å²) in [5, 5.41) is 14.6. The Bertz CT molecular complexity index is 7170. The van der Waals surface area contributed by atoms with Crippen molar-refractivity contribution in [1.29, 1.82) is 0 Å². The van der Waals surface area contributed by atoms with Gasteiger partial charge in [-0.15, -0.1) is 0 Å². The van der Waals surface area contributed by atoms with E-state index in [4.69, 9.17) is 19.9 Å². The van der Waals surface area contributed by atoms with Crippen LogP contribution in [0.1, 0.15) is 0 Å². The summed E-state index contributed by atoms with van der Waals surface area (Å²) in [7, 11) is 0. The van der Waals surface area contributed by atoms with Crippen LogP contribution < -0.4 is 0 Å². The number of rotatable bonds is 10. The lowest BCUT2D eigenvalue weighted by Crippen LogP contribution is -2.03. The van der Waals surface area contributed by atoms with Gasteiger partial charge in [-0.25, -0.2) is 19.9 Å². The van der Waals surface area contributed by atoms with Gasteiger partial charge in [-0.3, -0.25) is 9.13 Å². The molecule has 0 saturated carbocycles. The number of benzene rings is 16. The molecular weight excluding hydrogens is 1310 g/mol. The first-order valence-electron chi connectivity index (χ1n) is 36.7. The minimum absolute atomic E-state index is 0.650. The fraction of sp³-hybridized carbons (Fsp3) is 0. The van der Waals surface area contributed by atoms with Crippen molar-refractivity contribution in [1.82, 2.24) is 38.2 Å². The van der Waals surface area contributed by atoms with Crippen molar-refractivity contribution in [3.63, 3.8) is 0 Å². The molecule has 6 aromatic heterocycles. The largest absolute Gasteiger partial charge is 0.309 e. The van der Waals surface area contributed by atoms with Gasteiger partial charge in [0.25, 0.3) is 0 Å². The molecule has 108 heavy (non-hydrogen) atoms. The van der Waals surface area contributed by atoms with E-state index in [1.807, 2.05) is 24.3 Å². The summed E-state index contributed by atoms with van der Waals surface area (Å²) in [6.45, 7) is 0. The Morgan fingerprint density at radius 2 is 0.454 bits per heavy atom. The third kappa shape index (κ3) is 10.5. The van der Waals surface area contributed by atoms with E-state index in [1.54, 1.807) is 0 Å². The Hall–Kier alpha value is -14.6. The molecule has 0 unspecified atom stereocenters.